The third-order valence-corrected chi connectivity index (χ3v) is 7.32. The average Bonchev–Trinajstić information content (AvgIpc) is 3.04. The molecule has 6 nitrogen and oxygen atoms in total. The lowest BCUT2D eigenvalue weighted by molar-refractivity contribution is 0.415. The van der Waals surface area contributed by atoms with Crippen molar-refractivity contribution in [2.45, 2.75) is 50.8 Å². The standard InChI is InChI=1S/C23H29N3O3S/c1-5-6-13-26-22-14-19(29-4)11-12-20(22)21(15-24)23(26)17-7-9-18(10-8-17)25-30(27,28)16(2)3/h7-12,14,16,21,23,25H,5-6,13H2,1-4H3. The van der Waals surface area contributed by atoms with Crippen molar-refractivity contribution in [1.82, 2.24) is 0 Å². The zero-order valence-corrected chi connectivity index (χ0v) is 18.7. The summed E-state index contributed by atoms with van der Waals surface area (Å²) in [5.74, 6) is 0.465. The maximum Gasteiger partial charge on any atom is 0.235 e. The molecule has 0 aliphatic carbocycles. The highest BCUT2D eigenvalue weighted by Gasteiger charge is 2.39. The fourth-order valence-electron chi connectivity index (χ4n) is 3.79. The van der Waals surface area contributed by atoms with Gasteiger partial charge < -0.3 is 9.64 Å². The Kier molecular flexibility index (Phi) is 6.57. The number of nitrogens with one attached hydrogen (secondary N) is 1. The molecule has 30 heavy (non-hydrogen) atoms. The molecule has 2 atom stereocenters. The number of sulfonamides is 1. The SMILES string of the molecule is CCCCN1c2cc(OC)ccc2C(C#N)C1c1ccc(NS(=O)(=O)C(C)C)cc1. The number of anilines is 2. The van der Waals surface area contributed by atoms with Crippen molar-refractivity contribution in [2.24, 2.45) is 0 Å². The van der Waals surface area contributed by atoms with Gasteiger partial charge in [0.2, 0.25) is 10.0 Å². The molecule has 0 amide bonds. The van der Waals surface area contributed by atoms with Crippen LogP contribution in [0.5, 0.6) is 5.75 Å². The lowest BCUT2D eigenvalue weighted by Crippen LogP contribution is -2.27. The molecule has 3 rings (SSSR count). The fraction of sp³-hybridized carbons (Fsp3) is 0.435. The number of hydrogen-bond donors (Lipinski definition) is 1. The molecule has 160 valence electrons. The second-order valence-electron chi connectivity index (χ2n) is 7.84. The number of rotatable bonds is 8. The first kappa shape index (κ1) is 22.0. The first-order chi connectivity index (χ1) is 14.3. The largest absolute Gasteiger partial charge is 0.497 e. The smallest absolute Gasteiger partial charge is 0.235 e. The molecule has 1 aliphatic heterocycles. The average molecular weight is 428 g/mol. The number of benzene rings is 2. The van der Waals surface area contributed by atoms with Crippen molar-refractivity contribution in [3.05, 3.63) is 53.6 Å². The molecule has 0 bridgehead atoms. The van der Waals surface area contributed by atoms with E-state index in [-0.39, 0.29) is 12.0 Å². The molecule has 1 heterocycles. The Labute approximate surface area is 179 Å². The van der Waals surface area contributed by atoms with Crippen LogP contribution in [0.3, 0.4) is 0 Å². The summed E-state index contributed by atoms with van der Waals surface area (Å²) in [4.78, 5) is 2.28. The van der Waals surface area contributed by atoms with Gasteiger partial charge in [0.15, 0.2) is 0 Å². The number of nitrogens with zero attached hydrogens (tertiary/aromatic N) is 2. The number of hydrogen-bond acceptors (Lipinski definition) is 5. The molecule has 2 unspecified atom stereocenters. The van der Waals surface area contributed by atoms with Gasteiger partial charge in [0.1, 0.15) is 5.75 Å². The topological polar surface area (TPSA) is 82.4 Å². The monoisotopic (exact) mass is 427 g/mol. The number of methoxy groups -OCH3 is 1. The summed E-state index contributed by atoms with van der Waals surface area (Å²) >= 11 is 0. The van der Waals surface area contributed by atoms with Gasteiger partial charge in [-0.1, -0.05) is 31.5 Å². The van der Waals surface area contributed by atoms with E-state index < -0.39 is 15.3 Å². The highest BCUT2D eigenvalue weighted by Crippen LogP contribution is 2.50. The van der Waals surface area contributed by atoms with Gasteiger partial charge in [0.05, 0.1) is 30.4 Å². The molecular weight excluding hydrogens is 398 g/mol. The maximum atomic E-state index is 12.1. The van der Waals surface area contributed by atoms with Gasteiger partial charge in [-0.15, -0.1) is 0 Å². The van der Waals surface area contributed by atoms with Gasteiger partial charge >= 0.3 is 0 Å². The van der Waals surface area contributed by atoms with Crippen LogP contribution < -0.4 is 14.4 Å². The first-order valence-electron chi connectivity index (χ1n) is 10.3. The van der Waals surface area contributed by atoms with Crippen LogP contribution in [0.15, 0.2) is 42.5 Å². The molecule has 0 spiro atoms. The summed E-state index contributed by atoms with van der Waals surface area (Å²) < 4.78 is 32.3. The zero-order chi connectivity index (χ0) is 21.9. The van der Waals surface area contributed by atoms with Crippen molar-refractivity contribution in [2.75, 3.05) is 23.3 Å². The second kappa shape index (κ2) is 8.97. The van der Waals surface area contributed by atoms with Crippen LogP contribution in [0.25, 0.3) is 0 Å². The van der Waals surface area contributed by atoms with E-state index in [4.69, 9.17) is 4.74 Å². The quantitative estimate of drug-likeness (QED) is 0.653. The molecule has 1 aliphatic rings. The van der Waals surface area contributed by atoms with E-state index in [1.54, 1.807) is 33.1 Å². The first-order valence-corrected chi connectivity index (χ1v) is 11.8. The Hall–Kier alpha value is -2.72. The van der Waals surface area contributed by atoms with E-state index in [9.17, 15) is 13.7 Å². The van der Waals surface area contributed by atoms with Gasteiger partial charge in [-0.25, -0.2) is 8.42 Å². The van der Waals surface area contributed by atoms with Gasteiger partial charge in [-0.05, 0) is 49.6 Å². The summed E-state index contributed by atoms with van der Waals surface area (Å²) in [7, 11) is -1.76. The molecule has 1 N–H and O–H groups in total. The summed E-state index contributed by atoms with van der Waals surface area (Å²) in [5, 5.41) is 9.47. The van der Waals surface area contributed by atoms with Crippen molar-refractivity contribution in [3.8, 4) is 11.8 Å². The Morgan fingerprint density at radius 3 is 2.47 bits per heavy atom. The zero-order valence-electron chi connectivity index (χ0n) is 17.9. The van der Waals surface area contributed by atoms with Crippen LogP contribution in [-0.2, 0) is 10.0 Å². The summed E-state index contributed by atoms with van der Waals surface area (Å²) in [6.07, 6.45) is 2.06. The minimum absolute atomic E-state index is 0.126. The predicted molar refractivity (Wildman–Crippen MR) is 120 cm³/mol. The lowest BCUT2D eigenvalue weighted by Gasteiger charge is -2.29. The van der Waals surface area contributed by atoms with Crippen molar-refractivity contribution >= 4 is 21.4 Å². The highest BCUT2D eigenvalue weighted by atomic mass is 32.2. The lowest BCUT2D eigenvalue weighted by atomic mass is 9.91. The normalized spacial score (nSPS) is 18.2. The Bertz CT molecular complexity index is 1030. The molecule has 2 aromatic rings. The van der Waals surface area contributed by atoms with E-state index in [1.807, 2.05) is 30.3 Å². The van der Waals surface area contributed by atoms with Crippen LogP contribution >= 0.6 is 0 Å². The number of unbranched alkanes of at least 4 members (excludes halogenated alkanes) is 1. The van der Waals surface area contributed by atoms with E-state index in [2.05, 4.69) is 22.6 Å². The van der Waals surface area contributed by atoms with E-state index in [0.717, 1.165) is 42.0 Å². The minimum atomic E-state index is -3.40. The van der Waals surface area contributed by atoms with Gasteiger partial charge in [0, 0.05) is 24.0 Å². The summed E-state index contributed by atoms with van der Waals surface area (Å²) in [5.41, 5.74) is 3.55. The van der Waals surface area contributed by atoms with Gasteiger partial charge in [0.25, 0.3) is 0 Å². The van der Waals surface area contributed by atoms with Crippen LogP contribution in [-0.4, -0.2) is 27.3 Å². The summed E-state index contributed by atoms with van der Waals surface area (Å²) in [6.45, 7) is 6.27. The molecule has 7 heteroatoms. The maximum absolute atomic E-state index is 12.1. The van der Waals surface area contributed by atoms with Crippen molar-refractivity contribution in [1.29, 1.82) is 5.26 Å². The van der Waals surface area contributed by atoms with E-state index >= 15 is 0 Å². The van der Waals surface area contributed by atoms with E-state index in [1.165, 1.54) is 0 Å². The van der Waals surface area contributed by atoms with Crippen LogP contribution in [0.1, 0.15) is 56.7 Å². The third kappa shape index (κ3) is 4.24. The van der Waals surface area contributed by atoms with Crippen molar-refractivity contribution < 1.29 is 13.2 Å². The Morgan fingerprint density at radius 1 is 1.20 bits per heavy atom. The number of nitriles is 1. The molecule has 0 radical (unpaired) electrons. The van der Waals surface area contributed by atoms with Gasteiger partial charge in [-0.2, -0.15) is 5.26 Å². The van der Waals surface area contributed by atoms with Crippen LogP contribution in [0.2, 0.25) is 0 Å². The van der Waals surface area contributed by atoms with Crippen molar-refractivity contribution in [3.63, 3.8) is 0 Å². The highest BCUT2D eigenvalue weighted by molar-refractivity contribution is 7.93. The second-order valence-corrected chi connectivity index (χ2v) is 10.1. The minimum Gasteiger partial charge on any atom is -0.497 e. The van der Waals surface area contributed by atoms with E-state index in [0.29, 0.717) is 5.69 Å². The summed E-state index contributed by atoms with van der Waals surface area (Å²) in [6, 6.07) is 15.6. The number of ether oxygens (including phenoxy) is 1. The Balaban J connectivity index is 1.97. The number of fused-ring (bicyclic) bond motifs is 1. The third-order valence-electron chi connectivity index (χ3n) is 5.56. The molecule has 0 fully saturated rings. The molecule has 0 aromatic heterocycles. The fourth-order valence-corrected chi connectivity index (χ4v) is 4.49. The van der Waals surface area contributed by atoms with Crippen LogP contribution in [0.4, 0.5) is 11.4 Å². The predicted octanol–water partition coefficient (Wildman–Crippen LogP) is 4.81. The molecule has 0 saturated heterocycles. The molecule has 2 aromatic carbocycles. The van der Waals surface area contributed by atoms with Gasteiger partial charge in [-0.3, -0.25) is 4.72 Å². The molecular formula is C23H29N3O3S. The van der Waals surface area contributed by atoms with Crippen LogP contribution in [0, 0.1) is 11.3 Å². The Morgan fingerprint density at radius 2 is 1.90 bits per heavy atom. The molecule has 0 saturated carbocycles.